The van der Waals surface area contributed by atoms with Gasteiger partial charge in [0.1, 0.15) is 11.5 Å². The van der Waals surface area contributed by atoms with Gasteiger partial charge in [-0.25, -0.2) is 0 Å². The normalized spacial score (nSPS) is 11.5. The van der Waals surface area contributed by atoms with E-state index in [1.54, 1.807) is 0 Å². The van der Waals surface area contributed by atoms with E-state index >= 15 is 0 Å². The van der Waals surface area contributed by atoms with Crippen molar-refractivity contribution in [2.45, 2.75) is 26.4 Å². The maximum absolute atomic E-state index is 12.4. The van der Waals surface area contributed by atoms with Gasteiger partial charge in [-0.1, -0.05) is 37.3 Å². The molecule has 4 nitrogen and oxygen atoms in total. The van der Waals surface area contributed by atoms with E-state index in [1.807, 2.05) is 68.4 Å². The average Bonchev–Trinajstić information content (AvgIpc) is 2.55. The Morgan fingerprint density at radius 1 is 1.05 bits per heavy atom. The Morgan fingerprint density at radius 2 is 1.73 bits per heavy atom. The number of amides is 1. The predicted molar refractivity (Wildman–Crippen MR) is 87.4 cm³/mol. The lowest BCUT2D eigenvalue weighted by molar-refractivity contribution is -0.122. The molecule has 2 rings (SSSR count). The molecule has 4 heteroatoms. The molecule has 0 bridgehead atoms. The molecule has 1 atom stereocenters. The van der Waals surface area contributed by atoms with E-state index in [4.69, 9.17) is 9.47 Å². The molecule has 0 aromatic heterocycles. The minimum absolute atomic E-state index is 0.182. The zero-order chi connectivity index (χ0) is 15.8. The van der Waals surface area contributed by atoms with E-state index < -0.39 is 6.10 Å². The molecule has 22 heavy (non-hydrogen) atoms. The summed E-state index contributed by atoms with van der Waals surface area (Å²) in [5.41, 5.74) is 0.657. The number of para-hydroxylation sites is 3. The number of hydrogen-bond donors (Lipinski definition) is 1. The van der Waals surface area contributed by atoms with E-state index in [0.717, 1.165) is 0 Å². The van der Waals surface area contributed by atoms with Gasteiger partial charge in [0.05, 0.1) is 12.3 Å². The molecule has 1 amide bonds. The van der Waals surface area contributed by atoms with Gasteiger partial charge < -0.3 is 14.8 Å². The largest absolute Gasteiger partial charge is 0.492 e. The number of carbonyl (C=O) groups is 1. The van der Waals surface area contributed by atoms with Crippen LogP contribution in [0.15, 0.2) is 54.6 Å². The first kappa shape index (κ1) is 15.9. The van der Waals surface area contributed by atoms with Crippen molar-refractivity contribution in [2.75, 3.05) is 11.9 Å². The molecule has 0 unspecified atom stereocenters. The van der Waals surface area contributed by atoms with Gasteiger partial charge in [-0.3, -0.25) is 4.79 Å². The molecule has 0 spiro atoms. The van der Waals surface area contributed by atoms with Crippen LogP contribution < -0.4 is 14.8 Å². The molecule has 1 N–H and O–H groups in total. The second-order valence-electron chi connectivity index (χ2n) is 4.75. The van der Waals surface area contributed by atoms with Crippen LogP contribution in [0.25, 0.3) is 0 Å². The third-order valence-electron chi connectivity index (χ3n) is 3.13. The highest BCUT2D eigenvalue weighted by Crippen LogP contribution is 2.24. The number of carbonyl (C=O) groups excluding carboxylic acids is 1. The summed E-state index contributed by atoms with van der Waals surface area (Å²) in [6.07, 6.45) is 0.0365. The van der Waals surface area contributed by atoms with Gasteiger partial charge in [-0.15, -0.1) is 0 Å². The van der Waals surface area contributed by atoms with Crippen molar-refractivity contribution in [1.82, 2.24) is 0 Å². The smallest absolute Gasteiger partial charge is 0.265 e. The van der Waals surface area contributed by atoms with Gasteiger partial charge in [0.25, 0.3) is 5.91 Å². The highest BCUT2D eigenvalue weighted by atomic mass is 16.5. The van der Waals surface area contributed by atoms with Gasteiger partial charge in [-0.05, 0) is 37.6 Å². The standard InChI is InChI=1S/C18H21NO3/c1-3-16(22-14-10-6-5-7-11-14)18(20)19-15-12-8-9-13-17(15)21-4-2/h5-13,16H,3-4H2,1-2H3,(H,19,20)/t16-/m1/s1. The first-order chi connectivity index (χ1) is 10.7. The van der Waals surface area contributed by atoms with Crippen LogP contribution >= 0.6 is 0 Å². The van der Waals surface area contributed by atoms with Crippen molar-refractivity contribution in [3.8, 4) is 11.5 Å². The Kier molecular flexibility index (Phi) is 5.83. The molecule has 0 aliphatic carbocycles. The number of hydrogen-bond acceptors (Lipinski definition) is 3. The summed E-state index contributed by atoms with van der Waals surface area (Å²) in [5, 5.41) is 2.88. The van der Waals surface area contributed by atoms with Crippen molar-refractivity contribution in [3.63, 3.8) is 0 Å². The Labute approximate surface area is 131 Å². The van der Waals surface area contributed by atoms with Crippen LogP contribution in [0.2, 0.25) is 0 Å². The third kappa shape index (κ3) is 4.25. The minimum atomic E-state index is -0.544. The molecule has 2 aromatic carbocycles. The van der Waals surface area contributed by atoms with Crippen molar-refractivity contribution >= 4 is 11.6 Å². The first-order valence-electron chi connectivity index (χ1n) is 7.49. The quantitative estimate of drug-likeness (QED) is 0.844. The maximum atomic E-state index is 12.4. The number of benzene rings is 2. The fourth-order valence-corrected chi connectivity index (χ4v) is 2.05. The summed E-state index contributed by atoms with van der Waals surface area (Å²) in [7, 11) is 0. The molecular weight excluding hydrogens is 278 g/mol. The Bertz CT molecular complexity index is 598. The highest BCUT2D eigenvalue weighted by molar-refractivity contribution is 5.95. The van der Waals surface area contributed by atoms with Crippen LogP contribution in [0.5, 0.6) is 11.5 Å². The van der Waals surface area contributed by atoms with Crippen molar-refractivity contribution in [1.29, 1.82) is 0 Å². The molecule has 0 saturated carbocycles. The third-order valence-corrected chi connectivity index (χ3v) is 3.13. The van der Waals surface area contributed by atoms with Gasteiger partial charge in [-0.2, -0.15) is 0 Å². The summed E-state index contributed by atoms with van der Waals surface area (Å²) in [6, 6.07) is 16.7. The lowest BCUT2D eigenvalue weighted by Gasteiger charge is -2.18. The van der Waals surface area contributed by atoms with Crippen molar-refractivity contribution in [3.05, 3.63) is 54.6 Å². The lowest BCUT2D eigenvalue weighted by atomic mass is 10.2. The summed E-state index contributed by atoms with van der Waals surface area (Å²) in [5.74, 6) is 1.16. The van der Waals surface area contributed by atoms with Crippen LogP contribution in [0.3, 0.4) is 0 Å². The van der Waals surface area contributed by atoms with Crippen LogP contribution in [0.4, 0.5) is 5.69 Å². The van der Waals surface area contributed by atoms with Gasteiger partial charge in [0.15, 0.2) is 6.10 Å². The van der Waals surface area contributed by atoms with E-state index in [1.165, 1.54) is 0 Å². The second-order valence-corrected chi connectivity index (χ2v) is 4.75. The number of ether oxygens (including phenoxy) is 2. The summed E-state index contributed by atoms with van der Waals surface area (Å²) >= 11 is 0. The summed E-state index contributed by atoms with van der Waals surface area (Å²) in [6.45, 7) is 4.37. The summed E-state index contributed by atoms with van der Waals surface area (Å²) < 4.78 is 11.3. The molecule has 116 valence electrons. The monoisotopic (exact) mass is 299 g/mol. The Morgan fingerprint density at radius 3 is 2.41 bits per heavy atom. The average molecular weight is 299 g/mol. The van der Waals surface area contributed by atoms with E-state index in [-0.39, 0.29) is 5.91 Å². The molecule has 0 saturated heterocycles. The zero-order valence-corrected chi connectivity index (χ0v) is 12.9. The SMILES string of the molecule is CCOc1ccccc1NC(=O)[C@@H](CC)Oc1ccccc1. The van der Waals surface area contributed by atoms with Crippen LogP contribution in [0, 0.1) is 0 Å². The molecular formula is C18H21NO3. The van der Waals surface area contributed by atoms with E-state index in [2.05, 4.69) is 5.32 Å². The summed E-state index contributed by atoms with van der Waals surface area (Å²) in [4.78, 5) is 12.4. The highest BCUT2D eigenvalue weighted by Gasteiger charge is 2.19. The number of rotatable bonds is 7. The van der Waals surface area contributed by atoms with Crippen molar-refractivity contribution < 1.29 is 14.3 Å². The van der Waals surface area contributed by atoms with E-state index in [9.17, 15) is 4.79 Å². The Hall–Kier alpha value is -2.49. The molecule has 0 aliphatic rings. The topological polar surface area (TPSA) is 47.6 Å². The first-order valence-corrected chi connectivity index (χ1v) is 7.49. The molecule has 0 heterocycles. The predicted octanol–water partition coefficient (Wildman–Crippen LogP) is 3.88. The lowest BCUT2D eigenvalue weighted by Crippen LogP contribution is -2.32. The van der Waals surface area contributed by atoms with Gasteiger partial charge >= 0.3 is 0 Å². The van der Waals surface area contributed by atoms with Crippen molar-refractivity contribution in [2.24, 2.45) is 0 Å². The molecule has 0 radical (unpaired) electrons. The zero-order valence-electron chi connectivity index (χ0n) is 12.9. The Balaban J connectivity index is 2.06. The van der Waals surface area contributed by atoms with E-state index in [0.29, 0.717) is 30.2 Å². The number of anilines is 1. The second kappa shape index (κ2) is 8.08. The number of nitrogens with one attached hydrogen (secondary N) is 1. The molecule has 0 aliphatic heterocycles. The van der Waals surface area contributed by atoms with Crippen LogP contribution in [-0.4, -0.2) is 18.6 Å². The maximum Gasteiger partial charge on any atom is 0.265 e. The fraction of sp³-hybridized carbons (Fsp3) is 0.278. The fourth-order valence-electron chi connectivity index (χ4n) is 2.05. The van der Waals surface area contributed by atoms with Crippen LogP contribution in [-0.2, 0) is 4.79 Å². The molecule has 2 aromatic rings. The van der Waals surface area contributed by atoms with Gasteiger partial charge in [0.2, 0.25) is 0 Å². The van der Waals surface area contributed by atoms with Gasteiger partial charge in [0, 0.05) is 0 Å². The minimum Gasteiger partial charge on any atom is -0.492 e. The van der Waals surface area contributed by atoms with Crippen LogP contribution in [0.1, 0.15) is 20.3 Å². The molecule has 0 fully saturated rings.